The Morgan fingerprint density at radius 1 is 1.44 bits per heavy atom. The molecule has 1 saturated heterocycles. The summed E-state index contributed by atoms with van der Waals surface area (Å²) in [6, 6.07) is 1.88. The highest BCUT2D eigenvalue weighted by molar-refractivity contribution is 8.07. The van der Waals surface area contributed by atoms with Crippen LogP contribution in [0.15, 0.2) is 18.5 Å². The Morgan fingerprint density at radius 3 is 2.94 bits per heavy atom. The van der Waals surface area contributed by atoms with E-state index in [4.69, 9.17) is 4.74 Å². The molecule has 0 saturated carbocycles. The van der Waals surface area contributed by atoms with Gasteiger partial charge in [0.05, 0.1) is 19.4 Å². The minimum atomic E-state index is -0.463. The molecule has 1 N–H and O–H groups in total. The Morgan fingerprint density at radius 2 is 2.22 bits per heavy atom. The number of rotatable bonds is 4. The molecule has 5 heteroatoms. The van der Waals surface area contributed by atoms with Gasteiger partial charge in [-0.05, 0) is 12.5 Å². The number of pyridine rings is 1. The van der Waals surface area contributed by atoms with Gasteiger partial charge in [0.15, 0.2) is 0 Å². The smallest absolute Gasteiger partial charge is 0.137 e. The molecule has 0 aliphatic carbocycles. The van der Waals surface area contributed by atoms with Crippen LogP contribution in [0.3, 0.4) is 0 Å². The molecule has 1 aliphatic rings. The summed E-state index contributed by atoms with van der Waals surface area (Å²) < 4.78 is 5.16. The molecule has 1 fully saturated rings. The highest BCUT2D eigenvalue weighted by atomic mass is 32.2. The van der Waals surface area contributed by atoms with Crippen molar-refractivity contribution in [2.24, 2.45) is 0 Å². The van der Waals surface area contributed by atoms with Crippen LogP contribution in [-0.4, -0.2) is 39.2 Å². The van der Waals surface area contributed by atoms with E-state index < -0.39 is 6.10 Å². The van der Waals surface area contributed by atoms with Crippen LogP contribution in [-0.2, 0) is 0 Å². The molecule has 0 spiro atoms. The SMILES string of the molecule is CCC1SCCSC1C(O)c1cncc(OC)c1. The number of aliphatic hydroxyl groups is 1. The molecule has 0 radical (unpaired) electrons. The van der Waals surface area contributed by atoms with E-state index in [0.29, 0.717) is 11.0 Å². The van der Waals surface area contributed by atoms with Gasteiger partial charge in [-0.3, -0.25) is 4.98 Å². The van der Waals surface area contributed by atoms with Crippen LogP contribution in [0.25, 0.3) is 0 Å². The number of ether oxygens (including phenoxy) is 1. The predicted molar refractivity (Wildman–Crippen MR) is 78.5 cm³/mol. The second-order valence-corrected chi connectivity index (χ2v) is 6.89. The summed E-state index contributed by atoms with van der Waals surface area (Å²) in [4.78, 5) is 4.12. The van der Waals surface area contributed by atoms with E-state index >= 15 is 0 Å². The molecule has 0 amide bonds. The zero-order chi connectivity index (χ0) is 13.0. The minimum absolute atomic E-state index is 0.252. The molecule has 18 heavy (non-hydrogen) atoms. The number of thioether (sulfide) groups is 2. The Hall–Kier alpha value is -0.390. The number of aromatic nitrogens is 1. The van der Waals surface area contributed by atoms with E-state index in [9.17, 15) is 5.11 Å². The standard InChI is InChI=1S/C13H19NO2S2/c1-3-11-13(18-5-4-17-11)12(15)9-6-10(16-2)8-14-7-9/h6-8,11-13,15H,3-5H2,1-2H3. The molecule has 2 heterocycles. The van der Waals surface area contributed by atoms with Gasteiger partial charge >= 0.3 is 0 Å². The molecule has 2 rings (SSSR count). The molecular formula is C13H19NO2S2. The number of methoxy groups -OCH3 is 1. The van der Waals surface area contributed by atoms with Gasteiger partial charge in [0, 0.05) is 33.8 Å². The lowest BCUT2D eigenvalue weighted by Crippen LogP contribution is -2.31. The molecule has 100 valence electrons. The molecular weight excluding hydrogens is 266 g/mol. The van der Waals surface area contributed by atoms with Crippen molar-refractivity contribution in [1.29, 1.82) is 0 Å². The molecule has 1 aromatic heterocycles. The monoisotopic (exact) mass is 285 g/mol. The van der Waals surface area contributed by atoms with E-state index in [0.717, 1.165) is 17.7 Å². The number of nitrogens with zero attached hydrogens (tertiary/aromatic N) is 1. The Bertz CT molecular complexity index is 389. The first-order chi connectivity index (χ1) is 8.76. The molecule has 1 aliphatic heterocycles. The van der Waals surface area contributed by atoms with Gasteiger partial charge in [0.2, 0.25) is 0 Å². The van der Waals surface area contributed by atoms with Gasteiger partial charge in [-0.25, -0.2) is 0 Å². The Kier molecular flexibility index (Phi) is 5.21. The normalized spacial score (nSPS) is 25.7. The Labute approximate surface area is 117 Å². The molecule has 0 aromatic carbocycles. The van der Waals surface area contributed by atoms with Crippen molar-refractivity contribution in [3.8, 4) is 5.75 Å². The van der Waals surface area contributed by atoms with E-state index in [1.165, 1.54) is 5.75 Å². The fraction of sp³-hybridized carbons (Fsp3) is 0.615. The van der Waals surface area contributed by atoms with Crippen molar-refractivity contribution in [2.75, 3.05) is 18.6 Å². The van der Waals surface area contributed by atoms with E-state index in [1.807, 2.05) is 29.6 Å². The first-order valence-electron chi connectivity index (χ1n) is 6.16. The lowest BCUT2D eigenvalue weighted by Gasteiger charge is -2.33. The molecule has 0 bridgehead atoms. The zero-order valence-electron chi connectivity index (χ0n) is 10.7. The van der Waals surface area contributed by atoms with Crippen molar-refractivity contribution in [3.05, 3.63) is 24.0 Å². The average molecular weight is 285 g/mol. The van der Waals surface area contributed by atoms with Gasteiger partial charge in [-0.2, -0.15) is 23.5 Å². The largest absolute Gasteiger partial charge is 0.495 e. The maximum Gasteiger partial charge on any atom is 0.137 e. The van der Waals surface area contributed by atoms with Crippen molar-refractivity contribution in [3.63, 3.8) is 0 Å². The lowest BCUT2D eigenvalue weighted by atomic mass is 10.0. The Balaban J connectivity index is 2.15. The van der Waals surface area contributed by atoms with Crippen LogP contribution in [0.5, 0.6) is 5.75 Å². The first kappa shape index (κ1) is 14.0. The van der Waals surface area contributed by atoms with Crippen LogP contribution in [0.1, 0.15) is 25.0 Å². The summed E-state index contributed by atoms with van der Waals surface area (Å²) in [5.74, 6) is 3.00. The molecule has 3 atom stereocenters. The maximum atomic E-state index is 10.5. The van der Waals surface area contributed by atoms with Crippen LogP contribution in [0.4, 0.5) is 0 Å². The zero-order valence-corrected chi connectivity index (χ0v) is 12.3. The average Bonchev–Trinajstić information content (AvgIpc) is 2.46. The van der Waals surface area contributed by atoms with Crippen LogP contribution in [0.2, 0.25) is 0 Å². The maximum absolute atomic E-state index is 10.5. The fourth-order valence-corrected chi connectivity index (χ4v) is 5.27. The summed E-state index contributed by atoms with van der Waals surface area (Å²) in [5, 5.41) is 11.3. The van der Waals surface area contributed by atoms with Gasteiger partial charge in [0.1, 0.15) is 5.75 Å². The summed E-state index contributed by atoms with van der Waals surface area (Å²) in [7, 11) is 1.62. The van der Waals surface area contributed by atoms with Crippen molar-refractivity contribution >= 4 is 23.5 Å². The number of hydrogen-bond acceptors (Lipinski definition) is 5. The third kappa shape index (κ3) is 3.13. The van der Waals surface area contributed by atoms with Crippen LogP contribution < -0.4 is 4.74 Å². The topological polar surface area (TPSA) is 42.4 Å². The second kappa shape index (κ2) is 6.68. The van der Waals surface area contributed by atoms with Crippen LogP contribution >= 0.6 is 23.5 Å². The molecule has 1 aromatic rings. The van der Waals surface area contributed by atoms with Gasteiger partial charge in [0.25, 0.3) is 0 Å². The quantitative estimate of drug-likeness (QED) is 0.921. The van der Waals surface area contributed by atoms with Gasteiger partial charge in [-0.15, -0.1) is 0 Å². The summed E-state index contributed by atoms with van der Waals surface area (Å²) in [6.07, 6.45) is 4.03. The third-order valence-corrected chi connectivity index (χ3v) is 6.45. The van der Waals surface area contributed by atoms with Gasteiger partial charge in [-0.1, -0.05) is 6.92 Å². The first-order valence-corrected chi connectivity index (χ1v) is 8.26. The highest BCUT2D eigenvalue weighted by Gasteiger charge is 2.32. The summed E-state index contributed by atoms with van der Waals surface area (Å²) in [6.45, 7) is 2.19. The summed E-state index contributed by atoms with van der Waals surface area (Å²) >= 11 is 3.84. The summed E-state index contributed by atoms with van der Waals surface area (Å²) in [5.41, 5.74) is 0.854. The third-order valence-electron chi connectivity index (χ3n) is 3.12. The lowest BCUT2D eigenvalue weighted by molar-refractivity contribution is 0.171. The predicted octanol–water partition coefficient (Wildman–Crippen LogP) is 2.75. The second-order valence-electron chi connectivity index (χ2n) is 4.26. The fourth-order valence-electron chi connectivity index (χ4n) is 2.13. The number of aliphatic hydroxyl groups excluding tert-OH is 1. The van der Waals surface area contributed by atoms with Crippen LogP contribution in [0, 0.1) is 0 Å². The number of hydrogen-bond donors (Lipinski definition) is 1. The van der Waals surface area contributed by atoms with Crippen molar-refractivity contribution < 1.29 is 9.84 Å². The van der Waals surface area contributed by atoms with Gasteiger partial charge < -0.3 is 9.84 Å². The van der Waals surface area contributed by atoms with Crippen molar-refractivity contribution in [2.45, 2.75) is 29.9 Å². The van der Waals surface area contributed by atoms with E-state index in [-0.39, 0.29) is 5.25 Å². The molecule has 3 nitrogen and oxygen atoms in total. The van der Waals surface area contributed by atoms with E-state index in [1.54, 1.807) is 19.5 Å². The molecule has 3 unspecified atom stereocenters. The highest BCUT2D eigenvalue weighted by Crippen LogP contribution is 2.40. The minimum Gasteiger partial charge on any atom is -0.495 e. The van der Waals surface area contributed by atoms with Crippen molar-refractivity contribution in [1.82, 2.24) is 4.98 Å². The van der Waals surface area contributed by atoms with E-state index in [2.05, 4.69) is 11.9 Å².